The molecular formula is C18H14BrNO2. The van der Waals surface area contributed by atoms with Crippen LogP contribution in [0.25, 0.3) is 22.0 Å². The molecule has 4 heteroatoms. The van der Waals surface area contributed by atoms with Crippen molar-refractivity contribution in [3.63, 3.8) is 0 Å². The van der Waals surface area contributed by atoms with Crippen molar-refractivity contribution in [2.24, 2.45) is 0 Å². The van der Waals surface area contributed by atoms with Crippen LogP contribution in [-0.4, -0.2) is 18.1 Å². The minimum atomic E-state index is -0.241. The predicted molar refractivity (Wildman–Crippen MR) is 90.6 cm³/mol. The molecule has 0 amide bonds. The number of hydrogen-bond donors (Lipinski definition) is 0. The summed E-state index contributed by atoms with van der Waals surface area (Å²) in [7, 11) is 1.41. The van der Waals surface area contributed by atoms with Gasteiger partial charge in [0.25, 0.3) is 0 Å². The topological polar surface area (TPSA) is 39.2 Å². The summed E-state index contributed by atoms with van der Waals surface area (Å²) in [6.07, 6.45) is 2.04. The van der Waals surface area contributed by atoms with Crippen LogP contribution in [0.15, 0.2) is 59.2 Å². The third-order valence-corrected chi connectivity index (χ3v) is 4.11. The van der Waals surface area contributed by atoms with E-state index in [0.717, 1.165) is 32.1 Å². The largest absolute Gasteiger partial charge is 0.469 e. The van der Waals surface area contributed by atoms with Crippen molar-refractivity contribution >= 4 is 32.7 Å². The van der Waals surface area contributed by atoms with Gasteiger partial charge in [-0.3, -0.25) is 9.78 Å². The fourth-order valence-electron chi connectivity index (χ4n) is 2.49. The average molecular weight is 356 g/mol. The van der Waals surface area contributed by atoms with Gasteiger partial charge >= 0.3 is 5.97 Å². The van der Waals surface area contributed by atoms with Crippen LogP contribution in [-0.2, 0) is 16.0 Å². The van der Waals surface area contributed by atoms with Crippen molar-refractivity contribution in [2.75, 3.05) is 7.11 Å². The molecule has 0 saturated heterocycles. The maximum atomic E-state index is 11.6. The Balaban J connectivity index is 2.15. The van der Waals surface area contributed by atoms with Crippen LogP contribution < -0.4 is 0 Å². The first-order valence-electron chi connectivity index (χ1n) is 6.88. The van der Waals surface area contributed by atoms with Crippen molar-refractivity contribution < 1.29 is 9.53 Å². The van der Waals surface area contributed by atoms with Gasteiger partial charge < -0.3 is 4.74 Å². The Morgan fingerprint density at radius 3 is 2.59 bits per heavy atom. The molecule has 0 atom stereocenters. The molecule has 22 heavy (non-hydrogen) atoms. The second-order valence-corrected chi connectivity index (χ2v) is 5.85. The highest BCUT2D eigenvalue weighted by molar-refractivity contribution is 9.10. The Bertz CT molecular complexity index is 828. The molecule has 0 aliphatic carbocycles. The molecule has 0 bridgehead atoms. The van der Waals surface area contributed by atoms with Crippen LogP contribution in [0.1, 0.15) is 5.56 Å². The number of methoxy groups -OCH3 is 1. The van der Waals surface area contributed by atoms with Crippen LogP contribution in [0.4, 0.5) is 0 Å². The first-order valence-corrected chi connectivity index (χ1v) is 7.67. The number of ether oxygens (including phenoxy) is 1. The zero-order valence-corrected chi connectivity index (χ0v) is 13.6. The molecule has 2 aromatic carbocycles. The lowest BCUT2D eigenvalue weighted by Gasteiger charge is -2.09. The third-order valence-electron chi connectivity index (χ3n) is 3.58. The number of hydrogen-bond acceptors (Lipinski definition) is 3. The molecule has 0 saturated carbocycles. The molecule has 0 spiro atoms. The number of aromatic nitrogens is 1. The van der Waals surface area contributed by atoms with Crippen molar-refractivity contribution in [1.82, 2.24) is 4.98 Å². The number of carbonyl (C=O) groups excluding carboxylic acids is 1. The maximum Gasteiger partial charge on any atom is 0.309 e. The van der Waals surface area contributed by atoms with E-state index in [1.165, 1.54) is 7.11 Å². The molecule has 1 aromatic heterocycles. The molecular weight excluding hydrogens is 342 g/mol. The molecule has 3 aromatic rings. The molecule has 1 heterocycles. The lowest BCUT2D eigenvalue weighted by Crippen LogP contribution is -2.05. The molecule has 0 aliphatic heterocycles. The van der Waals surface area contributed by atoms with E-state index in [1.807, 2.05) is 48.5 Å². The summed E-state index contributed by atoms with van der Waals surface area (Å²) in [6.45, 7) is 0. The van der Waals surface area contributed by atoms with Gasteiger partial charge in [0.2, 0.25) is 0 Å². The standard InChI is InChI=1S/C18H14BrNO2/c1-22-17(21)11-13-3-2-4-16-15(13)9-10-20-18(16)12-5-7-14(19)8-6-12/h2-10H,11H2,1H3. The molecule has 110 valence electrons. The second kappa shape index (κ2) is 6.28. The summed E-state index contributed by atoms with van der Waals surface area (Å²) in [5.74, 6) is -0.241. The Kier molecular flexibility index (Phi) is 4.20. The number of nitrogens with zero attached hydrogens (tertiary/aromatic N) is 1. The molecule has 0 aliphatic rings. The lowest BCUT2D eigenvalue weighted by atomic mass is 9.99. The van der Waals surface area contributed by atoms with Gasteiger partial charge in [-0.25, -0.2) is 0 Å². The van der Waals surface area contributed by atoms with Crippen LogP contribution in [0.3, 0.4) is 0 Å². The van der Waals surface area contributed by atoms with Gasteiger partial charge in [-0.1, -0.05) is 46.3 Å². The van der Waals surface area contributed by atoms with Crippen LogP contribution >= 0.6 is 15.9 Å². The molecule has 0 fully saturated rings. The van der Waals surface area contributed by atoms with Gasteiger partial charge in [-0.2, -0.15) is 0 Å². The van der Waals surface area contributed by atoms with E-state index in [-0.39, 0.29) is 12.4 Å². The molecule has 0 N–H and O–H groups in total. The lowest BCUT2D eigenvalue weighted by molar-refractivity contribution is -0.139. The van der Waals surface area contributed by atoms with Gasteiger partial charge in [0.15, 0.2) is 0 Å². The van der Waals surface area contributed by atoms with Crippen molar-refractivity contribution in [2.45, 2.75) is 6.42 Å². The highest BCUT2D eigenvalue weighted by Gasteiger charge is 2.10. The van der Waals surface area contributed by atoms with Gasteiger partial charge in [0, 0.05) is 21.6 Å². The fourth-order valence-corrected chi connectivity index (χ4v) is 2.76. The Morgan fingerprint density at radius 1 is 1.09 bits per heavy atom. The minimum Gasteiger partial charge on any atom is -0.469 e. The number of halogens is 1. The van der Waals surface area contributed by atoms with Gasteiger partial charge in [0.05, 0.1) is 19.2 Å². The third kappa shape index (κ3) is 2.88. The first kappa shape index (κ1) is 14.7. The van der Waals surface area contributed by atoms with Crippen LogP contribution in [0, 0.1) is 0 Å². The maximum absolute atomic E-state index is 11.6. The SMILES string of the molecule is COC(=O)Cc1cccc2c(-c3ccc(Br)cc3)nccc12. The average Bonchev–Trinajstić information content (AvgIpc) is 2.55. The van der Waals surface area contributed by atoms with Crippen LogP contribution in [0.5, 0.6) is 0 Å². The number of carbonyl (C=O) groups is 1. The highest BCUT2D eigenvalue weighted by atomic mass is 79.9. The van der Waals surface area contributed by atoms with E-state index < -0.39 is 0 Å². The number of benzene rings is 2. The fraction of sp³-hybridized carbons (Fsp3) is 0.111. The van der Waals surface area contributed by atoms with Gasteiger partial charge in [-0.15, -0.1) is 0 Å². The van der Waals surface area contributed by atoms with E-state index in [9.17, 15) is 4.79 Å². The van der Waals surface area contributed by atoms with E-state index in [1.54, 1.807) is 6.20 Å². The van der Waals surface area contributed by atoms with Crippen LogP contribution in [0.2, 0.25) is 0 Å². The Hall–Kier alpha value is -2.20. The van der Waals surface area contributed by atoms with E-state index in [2.05, 4.69) is 20.9 Å². The smallest absolute Gasteiger partial charge is 0.309 e. The Labute approximate surface area is 137 Å². The molecule has 0 radical (unpaired) electrons. The van der Waals surface area contributed by atoms with E-state index >= 15 is 0 Å². The summed E-state index contributed by atoms with van der Waals surface area (Å²) in [5.41, 5.74) is 2.91. The monoisotopic (exact) mass is 355 g/mol. The second-order valence-electron chi connectivity index (χ2n) is 4.93. The number of esters is 1. The van der Waals surface area contributed by atoms with Crippen molar-refractivity contribution in [3.05, 3.63) is 64.8 Å². The molecule has 0 unspecified atom stereocenters. The normalized spacial score (nSPS) is 10.6. The number of rotatable bonds is 3. The first-order chi connectivity index (χ1) is 10.7. The van der Waals surface area contributed by atoms with E-state index in [0.29, 0.717) is 0 Å². The summed E-state index contributed by atoms with van der Waals surface area (Å²) >= 11 is 3.44. The summed E-state index contributed by atoms with van der Waals surface area (Å²) in [4.78, 5) is 16.1. The van der Waals surface area contributed by atoms with Crippen molar-refractivity contribution in [3.8, 4) is 11.3 Å². The van der Waals surface area contributed by atoms with Gasteiger partial charge in [0.1, 0.15) is 0 Å². The molecule has 3 rings (SSSR count). The minimum absolute atomic E-state index is 0.241. The quantitative estimate of drug-likeness (QED) is 0.654. The zero-order chi connectivity index (χ0) is 15.5. The van der Waals surface area contributed by atoms with E-state index in [4.69, 9.17) is 4.74 Å². The molecule has 3 nitrogen and oxygen atoms in total. The number of fused-ring (bicyclic) bond motifs is 1. The highest BCUT2D eigenvalue weighted by Crippen LogP contribution is 2.29. The zero-order valence-electron chi connectivity index (χ0n) is 12.0. The predicted octanol–water partition coefficient (Wildman–Crippen LogP) is 4.38. The van der Waals surface area contributed by atoms with Crippen molar-refractivity contribution in [1.29, 1.82) is 0 Å². The van der Waals surface area contributed by atoms with Gasteiger partial charge in [-0.05, 0) is 29.1 Å². The summed E-state index contributed by atoms with van der Waals surface area (Å²) < 4.78 is 5.80. The Morgan fingerprint density at radius 2 is 1.86 bits per heavy atom. The summed E-state index contributed by atoms with van der Waals surface area (Å²) in [5, 5.41) is 2.06. The summed E-state index contributed by atoms with van der Waals surface area (Å²) in [6, 6.07) is 15.9. The number of pyridine rings is 1.